The molecule has 0 saturated heterocycles. The van der Waals surface area contributed by atoms with Gasteiger partial charge in [-0.2, -0.15) is 0 Å². The molecule has 3 aromatic carbocycles. The van der Waals surface area contributed by atoms with Crippen LogP contribution < -0.4 is 5.32 Å². The third-order valence-corrected chi connectivity index (χ3v) is 5.60. The predicted molar refractivity (Wildman–Crippen MR) is 122 cm³/mol. The Morgan fingerprint density at radius 1 is 1.09 bits per heavy atom. The van der Waals surface area contributed by atoms with Crippen LogP contribution in [-0.2, 0) is 4.79 Å². The lowest BCUT2D eigenvalue weighted by atomic mass is 10.1. The SMILES string of the molecule is Cc1ccc(-c2nc(SCC(=O)Nc3cccc([N+](=O)[O-])c3)c3cc(F)ccc3n2)cc1. The van der Waals surface area contributed by atoms with Crippen LogP contribution in [0.5, 0.6) is 0 Å². The number of benzene rings is 3. The maximum atomic E-state index is 13.9. The minimum absolute atomic E-state index is 0.0152. The number of carbonyl (C=O) groups is 1. The molecular formula is C23H17FN4O3S. The Kier molecular flexibility index (Phi) is 6.09. The summed E-state index contributed by atoms with van der Waals surface area (Å²) in [6, 6.07) is 17.7. The molecule has 4 rings (SSSR count). The lowest BCUT2D eigenvalue weighted by Gasteiger charge is -2.10. The minimum atomic E-state index is -0.529. The van der Waals surface area contributed by atoms with Crippen LogP contribution in [0.25, 0.3) is 22.3 Å². The van der Waals surface area contributed by atoms with Crippen molar-refractivity contribution in [1.82, 2.24) is 9.97 Å². The fraction of sp³-hybridized carbons (Fsp3) is 0.0870. The number of anilines is 1. The number of aromatic nitrogens is 2. The highest BCUT2D eigenvalue weighted by Gasteiger charge is 2.14. The molecule has 0 spiro atoms. The van der Waals surface area contributed by atoms with Gasteiger partial charge in [-0.1, -0.05) is 47.7 Å². The second-order valence-corrected chi connectivity index (χ2v) is 7.99. The molecule has 0 saturated carbocycles. The van der Waals surface area contributed by atoms with Gasteiger partial charge in [-0.3, -0.25) is 14.9 Å². The normalized spacial score (nSPS) is 10.8. The van der Waals surface area contributed by atoms with Crippen molar-refractivity contribution < 1.29 is 14.1 Å². The van der Waals surface area contributed by atoms with Gasteiger partial charge in [-0.25, -0.2) is 14.4 Å². The molecule has 32 heavy (non-hydrogen) atoms. The summed E-state index contributed by atoms with van der Waals surface area (Å²) in [7, 11) is 0. The highest BCUT2D eigenvalue weighted by Crippen LogP contribution is 2.29. The van der Waals surface area contributed by atoms with E-state index in [0.29, 0.717) is 27.4 Å². The van der Waals surface area contributed by atoms with E-state index in [1.807, 2.05) is 31.2 Å². The standard InChI is InChI=1S/C23H17FN4O3S/c1-14-5-7-15(8-6-14)22-26-20-10-9-16(24)11-19(20)23(27-22)32-13-21(29)25-17-3-2-4-18(12-17)28(30)31/h2-12H,13H2,1H3,(H,25,29). The summed E-state index contributed by atoms with van der Waals surface area (Å²) < 4.78 is 13.9. The second kappa shape index (κ2) is 9.11. The second-order valence-electron chi connectivity index (χ2n) is 7.02. The van der Waals surface area contributed by atoms with Crippen LogP contribution in [0.3, 0.4) is 0 Å². The number of carbonyl (C=O) groups excluding carboxylic acids is 1. The predicted octanol–water partition coefficient (Wildman–Crippen LogP) is 5.38. The molecule has 0 atom stereocenters. The number of nitrogens with zero attached hydrogens (tertiary/aromatic N) is 3. The van der Waals surface area contributed by atoms with Crippen LogP contribution >= 0.6 is 11.8 Å². The number of nitro benzene ring substituents is 1. The molecule has 7 nitrogen and oxygen atoms in total. The van der Waals surface area contributed by atoms with E-state index in [1.165, 1.54) is 30.3 Å². The van der Waals surface area contributed by atoms with Gasteiger partial charge in [-0.05, 0) is 31.2 Å². The zero-order valence-electron chi connectivity index (χ0n) is 16.9. The molecule has 9 heteroatoms. The third kappa shape index (κ3) is 4.89. The highest BCUT2D eigenvalue weighted by atomic mass is 32.2. The number of aryl methyl sites for hydroxylation is 1. The van der Waals surface area contributed by atoms with E-state index in [2.05, 4.69) is 15.3 Å². The first kappa shape index (κ1) is 21.4. The average Bonchev–Trinajstić information content (AvgIpc) is 2.78. The molecule has 0 unspecified atom stereocenters. The van der Waals surface area contributed by atoms with Crippen molar-refractivity contribution in [2.24, 2.45) is 0 Å². The molecule has 0 bridgehead atoms. The van der Waals surface area contributed by atoms with E-state index in [9.17, 15) is 19.3 Å². The van der Waals surface area contributed by atoms with E-state index >= 15 is 0 Å². The highest BCUT2D eigenvalue weighted by molar-refractivity contribution is 8.00. The van der Waals surface area contributed by atoms with Gasteiger partial charge in [0.05, 0.1) is 16.2 Å². The third-order valence-electron chi connectivity index (χ3n) is 4.61. The van der Waals surface area contributed by atoms with E-state index < -0.39 is 10.7 Å². The Bertz CT molecular complexity index is 1330. The molecular weight excluding hydrogens is 431 g/mol. The Labute approximate surface area is 186 Å². The van der Waals surface area contributed by atoms with Crippen LogP contribution in [0, 0.1) is 22.9 Å². The lowest BCUT2D eigenvalue weighted by Crippen LogP contribution is -2.14. The van der Waals surface area contributed by atoms with E-state index in [1.54, 1.807) is 12.1 Å². The van der Waals surface area contributed by atoms with E-state index in [0.717, 1.165) is 22.9 Å². The van der Waals surface area contributed by atoms with Crippen molar-refractivity contribution in [2.75, 3.05) is 11.1 Å². The summed E-state index contributed by atoms with van der Waals surface area (Å²) in [5, 5.41) is 14.5. The quantitative estimate of drug-likeness (QED) is 0.184. The fourth-order valence-corrected chi connectivity index (χ4v) is 3.85. The Balaban J connectivity index is 1.59. The Morgan fingerprint density at radius 2 is 1.88 bits per heavy atom. The van der Waals surface area contributed by atoms with Gasteiger partial charge in [0.1, 0.15) is 10.8 Å². The smallest absolute Gasteiger partial charge is 0.271 e. The van der Waals surface area contributed by atoms with Crippen LogP contribution in [-0.4, -0.2) is 26.6 Å². The summed E-state index contributed by atoms with van der Waals surface area (Å²) in [4.78, 5) is 31.9. The summed E-state index contributed by atoms with van der Waals surface area (Å²) in [5.74, 6) is -0.327. The number of nitro groups is 1. The zero-order chi connectivity index (χ0) is 22.7. The molecule has 1 aromatic heterocycles. The lowest BCUT2D eigenvalue weighted by molar-refractivity contribution is -0.384. The maximum Gasteiger partial charge on any atom is 0.271 e. The number of fused-ring (bicyclic) bond motifs is 1. The number of halogens is 1. The number of nitrogens with one attached hydrogen (secondary N) is 1. The molecule has 0 aliphatic rings. The molecule has 1 N–H and O–H groups in total. The zero-order valence-corrected chi connectivity index (χ0v) is 17.7. The van der Waals surface area contributed by atoms with Crippen molar-refractivity contribution in [1.29, 1.82) is 0 Å². The number of rotatable bonds is 6. The first-order chi connectivity index (χ1) is 15.4. The number of thioether (sulfide) groups is 1. The molecule has 0 aliphatic heterocycles. The van der Waals surface area contributed by atoms with E-state index in [-0.39, 0.29) is 17.3 Å². The van der Waals surface area contributed by atoms with Crippen molar-refractivity contribution in [2.45, 2.75) is 11.9 Å². The summed E-state index contributed by atoms with van der Waals surface area (Å²) in [6.45, 7) is 1.98. The maximum absolute atomic E-state index is 13.9. The molecule has 1 amide bonds. The molecule has 4 aromatic rings. The minimum Gasteiger partial charge on any atom is -0.325 e. The van der Waals surface area contributed by atoms with Gasteiger partial charge in [0.15, 0.2) is 5.82 Å². The largest absolute Gasteiger partial charge is 0.325 e. The number of amides is 1. The topological polar surface area (TPSA) is 98.0 Å². The van der Waals surface area contributed by atoms with Gasteiger partial charge in [0.25, 0.3) is 5.69 Å². The monoisotopic (exact) mass is 448 g/mol. The summed E-state index contributed by atoms with van der Waals surface area (Å²) in [6.07, 6.45) is 0. The number of hydrogen-bond donors (Lipinski definition) is 1. The molecule has 0 fully saturated rings. The van der Waals surface area contributed by atoms with Gasteiger partial charge >= 0.3 is 0 Å². The van der Waals surface area contributed by atoms with E-state index in [4.69, 9.17) is 0 Å². The average molecular weight is 448 g/mol. The Hall–Kier alpha value is -3.85. The van der Waals surface area contributed by atoms with Gasteiger partial charge in [0, 0.05) is 28.8 Å². The van der Waals surface area contributed by atoms with Crippen molar-refractivity contribution in [3.8, 4) is 11.4 Å². The van der Waals surface area contributed by atoms with Gasteiger partial charge in [-0.15, -0.1) is 0 Å². The fourth-order valence-electron chi connectivity index (χ4n) is 3.04. The number of non-ortho nitro benzene ring substituents is 1. The van der Waals surface area contributed by atoms with Crippen LogP contribution in [0.1, 0.15) is 5.56 Å². The van der Waals surface area contributed by atoms with Crippen molar-refractivity contribution >= 4 is 39.9 Å². The van der Waals surface area contributed by atoms with Crippen LogP contribution in [0.2, 0.25) is 0 Å². The van der Waals surface area contributed by atoms with Crippen LogP contribution in [0.4, 0.5) is 15.8 Å². The van der Waals surface area contributed by atoms with Crippen LogP contribution in [0.15, 0.2) is 71.8 Å². The first-order valence-corrected chi connectivity index (χ1v) is 10.6. The summed E-state index contributed by atoms with van der Waals surface area (Å²) >= 11 is 1.14. The van der Waals surface area contributed by atoms with Gasteiger partial charge < -0.3 is 5.32 Å². The van der Waals surface area contributed by atoms with Gasteiger partial charge in [0.2, 0.25) is 5.91 Å². The molecule has 0 radical (unpaired) electrons. The van der Waals surface area contributed by atoms with Crippen molar-refractivity contribution in [3.63, 3.8) is 0 Å². The molecule has 160 valence electrons. The van der Waals surface area contributed by atoms with Crippen molar-refractivity contribution in [3.05, 3.63) is 88.2 Å². The Morgan fingerprint density at radius 3 is 2.62 bits per heavy atom. The first-order valence-electron chi connectivity index (χ1n) is 9.60. The molecule has 1 heterocycles. The molecule has 0 aliphatic carbocycles. The number of hydrogen-bond acceptors (Lipinski definition) is 6. The summed E-state index contributed by atoms with van der Waals surface area (Å²) in [5.41, 5.74) is 2.69.